The summed E-state index contributed by atoms with van der Waals surface area (Å²) in [4.78, 5) is 0. The average Bonchev–Trinajstić information content (AvgIpc) is 3.16. The van der Waals surface area contributed by atoms with Gasteiger partial charge in [0.1, 0.15) is 5.76 Å². The standard InChI is InChI=1S/C15H17N5O2/c1-8-4-5-12-10(6-8)13(19-22-12)15-17-16-14(21-15)11-7-20(3)18-9(11)2/h7-8H,4-6H2,1-3H3/t8-/m0/s1. The number of hydrogen-bond acceptors (Lipinski definition) is 6. The summed E-state index contributed by atoms with van der Waals surface area (Å²) >= 11 is 0. The van der Waals surface area contributed by atoms with Gasteiger partial charge in [0.05, 0.1) is 11.3 Å². The molecule has 0 N–H and O–H groups in total. The number of nitrogens with zero attached hydrogens (tertiary/aromatic N) is 5. The van der Waals surface area contributed by atoms with Crippen LogP contribution in [0.2, 0.25) is 0 Å². The van der Waals surface area contributed by atoms with E-state index in [0.29, 0.717) is 23.4 Å². The number of hydrogen-bond donors (Lipinski definition) is 0. The first kappa shape index (κ1) is 13.2. The van der Waals surface area contributed by atoms with E-state index in [0.717, 1.165) is 41.8 Å². The molecular formula is C15H17N5O2. The van der Waals surface area contributed by atoms with E-state index in [1.54, 1.807) is 4.68 Å². The molecule has 0 fully saturated rings. The van der Waals surface area contributed by atoms with Gasteiger partial charge in [0, 0.05) is 25.2 Å². The van der Waals surface area contributed by atoms with Gasteiger partial charge in [-0.1, -0.05) is 12.1 Å². The lowest BCUT2D eigenvalue weighted by Gasteiger charge is -2.15. The summed E-state index contributed by atoms with van der Waals surface area (Å²) in [5, 5.41) is 16.7. The van der Waals surface area contributed by atoms with E-state index in [1.807, 2.05) is 20.2 Å². The first-order valence-electron chi connectivity index (χ1n) is 7.43. The molecule has 22 heavy (non-hydrogen) atoms. The molecule has 114 valence electrons. The maximum absolute atomic E-state index is 5.81. The minimum absolute atomic E-state index is 0.414. The smallest absolute Gasteiger partial charge is 0.270 e. The average molecular weight is 299 g/mol. The van der Waals surface area contributed by atoms with E-state index in [9.17, 15) is 0 Å². The molecule has 0 aromatic carbocycles. The highest BCUT2D eigenvalue weighted by Gasteiger charge is 2.27. The van der Waals surface area contributed by atoms with Crippen LogP contribution in [-0.2, 0) is 19.9 Å². The van der Waals surface area contributed by atoms with E-state index < -0.39 is 0 Å². The summed E-state index contributed by atoms with van der Waals surface area (Å²) in [6.07, 6.45) is 4.86. The lowest BCUT2D eigenvalue weighted by Crippen LogP contribution is -2.09. The number of aromatic nitrogens is 5. The fourth-order valence-corrected chi connectivity index (χ4v) is 2.98. The van der Waals surface area contributed by atoms with Crippen LogP contribution in [-0.4, -0.2) is 25.1 Å². The topological polar surface area (TPSA) is 82.8 Å². The van der Waals surface area contributed by atoms with Crippen molar-refractivity contribution in [1.82, 2.24) is 25.1 Å². The Hall–Kier alpha value is -2.44. The Morgan fingerprint density at radius 2 is 2.09 bits per heavy atom. The van der Waals surface area contributed by atoms with E-state index in [1.165, 1.54) is 0 Å². The highest BCUT2D eigenvalue weighted by molar-refractivity contribution is 5.59. The van der Waals surface area contributed by atoms with Gasteiger partial charge in [-0.05, 0) is 25.7 Å². The molecular weight excluding hydrogens is 282 g/mol. The first-order chi connectivity index (χ1) is 10.6. The van der Waals surface area contributed by atoms with Crippen LogP contribution in [0.15, 0.2) is 15.1 Å². The molecule has 7 nitrogen and oxygen atoms in total. The predicted octanol–water partition coefficient (Wildman–Crippen LogP) is 2.56. The molecule has 0 saturated carbocycles. The number of rotatable bonds is 2. The van der Waals surface area contributed by atoms with Crippen molar-refractivity contribution in [3.8, 4) is 23.0 Å². The van der Waals surface area contributed by atoms with Crippen LogP contribution in [0.5, 0.6) is 0 Å². The van der Waals surface area contributed by atoms with Crippen LogP contribution >= 0.6 is 0 Å². The van der Waals surface area contributed by atoms with Gasteiger partial charge in [0.2, 0.25) is 0 Å². The van der Waals surface area contributed by atoms with Crippen molar-refractivity contribution in [3.63, 3.8) is 0 Å². The van der Waals surface area contributed by atoms with Crippen molar-refractivity contribution in [3.05, 3.63) is 23.2 Å². The molecule has 0 radical (unpaired) electrons. The van der Waals surface area contributed by atoms with Crippen LogP contribution < -0.4 is 0 Å². The van der Waals surface area contributed by atoms with E-state index in [2.05, 4.69) is 27.4 Å². The Morgan fingerprint density at radius 1 is 1.27 bits per heavy atom. The number of fused-ring (bicyclic) bond motifs is 1. The van der Waals surface area contributed by atoms with Crippen LogP contribution in [0, 0.1) is 12.8 Å². The molecule has 0 aliphatic heterocycles. The van der Waals surface area contributed by atoms with Gasteiger partial charge in [-0.15, -0.1) is 10.2 Å². The summed E-state index contributed by atoms with van der Waals surface area (Å²) in [5.41, 5.74) is 3.49. The second kappa shape index (κ2) is 4.79. The van der Waals surface area contributed by atoms with Gasteiger partial charge in [0.15, 0.2) is 5.69 Å². The van der Waals surface area contributed by atoms with Gasteiger partial charge in [0.25, 0.3) is 11.8 Å². The molecule has 3 heterocycles. The molecule has 0 bridgehead atoms. The number of aryl methyl sites for hydroxylation is 3. The SMILES string of the molecule is Cc1nn(C)cc1-c1nnc(-c2noc3c2C[C@@H](C)CC3)o1. The second-order valence-electron chi connectivity index (χ2n) is 6.00. The quantitative estimate of drug-likeness (QED) is 0.723. The van der Waals surface area contributed by atoms with Gasteiger partial charge in [-0.2, -0.15) is 5.10 Å². The summed E-state index contributed by atoms with van der Waals surface area (Å²) in [7, 11) is 1.86. The van der Waals surface area contributed by atoms with Gasteiger partial charge in [-0.25, -0.2) is 0 Å². The molecule has 0 amide bonds. The van der Waals surface area contributed by atoms with Crippen LogP contribution in [0.3, 0.4) is 0 Å². The highest BCUT2D eigenvalue weighted by atomic mass is 16.5. The third-order valence-electron chi connectivity index (χ3n) is 4.16. The molecule has 7 heteroatoms. The first-order valence-corrected chi connectivity index (χ1v) is 7.43. The summed E-state index contributed by atoms with van der Waals surface area (Å²) in [6, 6.07) is 0. The summed E-state index contributed by atoms with van der Waals surface area (Å²) in [5.74, 6) is 2.44. The zero-order valence-electron chi connectivity index (χ0n) is 12.8. The Kier molecular flexibility index (Phi) is 2.88. The highest BCUT2D eigenvalue weighted by Crippen LogP contribution is 2.33. The molecule has 1 atom stereocenters. The Labute approximate surface area is 127 Å². The minimum atomic E-state index is 0.414. The summed E-state index contributed by atoms with van der Waals surface area (Å²) in [6.45, 7) is 4.15. The van der Waals surface area contributed by atoms with Crippen molar-refractivity contribution < 1.29 is 8.94 Å². The lowest BCUT2D eigenvalue weighted by molar-refractivity contribution is 0.356. The minimum Gasteiger partial charge on any atom is -0.414 e. The van der Waals surface area contributed by atoms with E-state index in [-0.39, 0.29) is 0 Å². The van der Waals surface area contributed by atoms with Crippen LogP contribution in [0.1, 0.15) is 30.4 Å². The Bertz CT molecular complexity index is 829. The predicted molar refractivity (Wildman–Crippen MR) is 77.9 cm³/mol. The van der Waals surface area contributed by atoms with Crippen molar-refractivity contribution in [1.29, 1.82) is 0 Å². The molecule has 3 aromatic heterocycles. The van der Waals surface area contributed by atoms with Crippen molar-refractivity contribution in [2.24, 2.45) is 13.0 Å². The molecule has 3 aromatic rings. The maximum atomic E-state index is 5.81. The third kappa shape index (κ3) is 2.04. The zero-order chi connectivity index (χ0) is 15.3. The molecule has 0 unspecified atom stereocenters. The Balaban J connectivity index is 1.73. The zero-order valence-corrected chi connectivity index (χ0v) is 12.8. The van der Waals surface area contributed by atoms with Gasteiger partial charge in [-0.3, -0.25) is 4.68 Å². The molecule has 0 saturated heterocycles. The van der Waals surface area contributed by atoms with Crippen LogP contribution in [0.4, 0.5) is 0 Å². The molecule has 1 aliphatic carbocycles. The Morgan fingerprint density at radius 3 is 2.86 bits per heavy atom. The normalized spacial score (nSPS) is 17.7. The third-order valence-corrected chi connectivity index (χ3v) is 4.16. The fourth-order valence-electron chi connectivity index (χ4n) is 2.98. The lowest BCUT2D eigenvalue weighted by atomic mass is 9.88. The molecule has 4 rings (SSSR count). The maximum Gasteiger partial charge on any atom is 0.270 e. The van der Waals surface area contributed by atoms with Crippen molar-refractivity contribution >= 4 is 0 Å². The monoisotopic (exact) mass is 299 g/mol. The van der Waals surface area contributed by atoms with Crippen molar-refractivity contribution in [2.75, 3.05) is 0 Å². The molecule has 1 aliphatic rings. The van der Waals surface area contributed by atoms with E-state index in [4.69, 9.17) is 8.94 Å². The summed E-state index contributed by atoms with van der Waals surface area (Å²) < 4.78 is 13.0. The van der Waals surface area contributed by atoms with Gasteiger partial charge >= 0.3 is 0 Å². The van der Waals surface area contributed by atoms with Gasteiger partial charge < -0.3 is 8.94 Å². The largest absolute Gasteiger partial charge is 0.414 e. The van der Waals surface area contributed by atoms with Crippen molar-refractivity contribution in [2.45, 2.75) is 33.1 Å². The second-order valence-corrected chi connectivity index (χ2v) is 6.00. The molecule has 0 spiro atoms. The van der Waals surface area contributed by atoms with Crippen LogP contribution in [0.25, 0.3) is 23.0 Å². The van der Waals surface area contributed by atoms with E-state index >= 15 is 0 Å². The fraction of sp³-hybridized carbons (Fsp3) is 0.467.